The van der Waals surface area contributed by atoms with Crippen LogP contribution < -0.4 is 10.1 Å². The minimum absolute atomic E-state index is 0.0657. The minimum atomic E-state index is -3.66. The van der Waals surface area contributed by atoms with E-state index < -0.39 is 15.6 Å². The van der Waals surface area contributed by atoms with Gasteiger partial charge in [0.25, 0.3) is 5.91 Å². The molecule has 3 rings (SSSR count). The number of ether oxygens (including phenoxy) is 1. The molecule has 0 unspecified atom stereocenters. The number of nitrogens with one attached hydrogen (secondary N) is 1. The molecule has 0 spiro atoms. The zero-order chi connectivity index (χ0) is 16.0. The first-order valence-electron chi connectivity index (χ1n) is 6.75. The first-order valence-corrected chi connectivity index (χ1v) is 8.24. The number of amides is 1. The van der Waals surface area contributed by atoms with E-state index in [2.05, 4.69) is 5.32 Å². The highest BCUT2D eigenvalue weighted by Crippen LogP contribution is 2.31. The van der Waals surface area contributed by atoms with Crippen LogP contribution in [-0.2, 0) is 9.84 Å². The Morgan fingerprint density at radius 3 is 2.36 bits per heavy atom. The first kappa shape index (κ1) is 14.6. The molecule has 0 radical (unpaired) electrons. The van der Waals surface area contributed by atoms with Gasteiger partial charge < -0.3 is 10.1 Å². The molecule has 1 aliphatic rings. The molecule has 22 heavy (non-hydrogen) atoms. The fraction of sp³-hybridized carbons (Fsp3) is 0.188. The Labute approximate surface area is 128 Å². The molecule has 2 aromatic rings. The highest BCUT2D eigenvalue weighted by molar-refractivity contribution is 7.91. The van der Waals surface area contributed by atoms with E-state index in [1.807, 2.05) is 0 Å². The van der Waals surface area contributed by atoms with Crippen molar-refractivity contribution in [2.75, 3.05) is 0 Å². The summed E-state index contributed by atoms with van der Waals surface area (Å²) in [6.07, 6.45) is 0. The molecular formula is C16H15NO4S. The van der Waals surface area contributed by atoms with Crippen molar-refractivity contribution in [1.82, 2.24) is 5.32 Å². The number of carbonyl (C=O) groups is 1. The lowest BCUT2D eigenvalue weighted by molar-refractivity contribution is 0.0432. The quantitative estimate of drug-likeness (QED) is 0.923. The molecule has 0 saturated heterocycles. The van der Waals surface area contributed by atoms with Gasteiger partial charge in [-0.3, -0.25) is 4.79 Å². The largest absolute Gasteiger partial charge is 0.468 e. The third kappa shape index (κ3) is 2.46. The second-order valence-corrected chi connectivity index (χ2v) is 7.49. The second-order valence-electron chi connectivity index (χ2n) is 5.54. The van der Waals surface area contributed by atoms with Crippen LogP contribution in [0, 0.1) is 0 Å². The van der Waals surface area contributed by atoms with Crippen LogP contribution >= 0.6 is 0 Å². The van der Waals surface area contributed by atoms with Gasteiger partial charge in [-0.05, 0) is 44.2 Å². The van der Waals surface area contributed by atoms with Crippen LogP contribution in [0.15, 0.2) is 58.3 Å². The Bertz CT molecular complexity index is 842. The maximum Gasteiger partial charge on any atom is 0.258 e. The highest BCUT2D eigenvalue weighted by atomic mass is 32.2. The van der Waals surface area contributed by atoms with E-state index in [-0.39, 0.29) is 21.3 Å². The van der Waals surface area contributed by atoms with E-state index >= 15 is 0 Å². The molecule has 0 fully saturated rings. The fourth-order valence-corrected chi connectivity index (χ4v) is 3.63. The van der Waals surface area contributed by atoms with Gasteiger partial charge in [0, 0.05) is 0 Å². The Morgan fingerprint density at radius 2 is 1.68 bits per heavy atom. The third-order valence-electron chi connectivity index (χ3n) is 3.34. The van der Waals surface area contributed by atoms with E-state index in [1.165, 1.54) is 30.3 Å². The lowest BCUT2D eigenvalue weighted by atomic mass is 10.1. The van der Waals surface area contributed by atoms with E-state index in [4.69, 9.17) is 4.74 Å². The summed E-state index contributed by atoms with van der Waals surface area (Å²) in [5.74, 6) is 0.0251. The lowest BCUT2D eigenvalue weighted by Gasteiger charge is -2.33. The van der Waals surface area contributed by atoms with Gasteiger partial charge in [-0.15, -0.1) is 0 Å². The maximum atomic E-state index is 12.6. The van der Waals surface area contributed by atoms with Crippen molar-refractivity contribution in [2.24, 2.45) is 0 Å². The van der Waals surface area contributed by atoms with Gasteiger partial charge in [-0.2, -0.15) is 0 Å². The molecule has 1 N–H and O–H groups in total. The number of hydrogen-bond acceptors (Lipinski definition) is 4. The standard InChI is InChI=1S/C16H15NO4S/c1-16(2)17-15(18)13-10-12(8-9-14(13)21-16)22(19,20)11-6-4-3-5-7-11/h3-10H,1-2H3,(H,17,18). The highest BCUT2D eigenvalue weighted by Gasteiger charge is 2.32. The molecule has 114 valence electrons. The first-order chi connectivity index (χ1) is 10.3. The van der Waals surface area contributed by atoms with Crippen molar-refractivity contribution in [1.29, 1.82) is 0 Å². The zero-order valence-electron chi connectivity index (χ0n) is 12.2. The Kier molecular flexibility index (Phi) is 3.21. The SMILES string of the molecule is CC1(C)NC(=O)c2cc(S(=O)(=O)c3ccccc3)ccc2O1. The van der Waals surface area contributed by atoms with Crippen molar-refractivity contribution in [2.45, 2.75) is 29.4 Å². The van der Waals surface area contributed by atoms with E-state index in [1.54, 1.807) is 32.0 Å². The molecule has 1 aliphatic heterocycles. The van der Waals surface area contributed by atoms with Crippen LogP contribution in [0.3, 0.4) is 0 Å². The van der Waals surface area contributed by atoms with Gasteiger partial charge in [0.05, 0.1) is 15.4 Å². The average molecular weight is 317 g/mol. The van der Waals surface area contributed by atoms with Crippen LogP contribution in [0.25, 0.3) is 0 Å². The Balaban J connectivity index is 2.09. The normalized spacial score (nSPS) is 16.4. The Morgan fingerprint density at radius 1 is 1.00 bits per heavy atom. The van der Waals surface area contributed by atoms with Gasteiger partial charge in [-0.1, -0.05) is 18.2 Å². The molecule has 0 aromatic heterocycles. The van der Waals surface area contributed by atoms with Crippen molar-refractivity contribution >= 4 is 15.7 Å². The topological polar surface area (TPSA) is 72.5 Å². The molecule has 0 saturated carbocycles. The molecule has 1 heterocycles. The van der Waals surface area contributed by atoms with Crippen LogP contribution in [0.2, 0.25) is 0 Å². The van der Waals surface area contributed by atoms with Crippen LogP contribution in [0.1, 0.15) is 24.2 Å². The summed E-state index contributed by atoms with van der Waals surface area (Å²) in [6, 6.07) is 12.4. The lowest BCUT2D eigenvalue weighted by Crippen LogP contribution is -2.51. The summed E-state index contributed by atoms with van der Waals surface area (Å²) >= 11 is 0. The molecule has 2 aromatic carbocycles. The zero-order valence-corrected chi connectivity index (χ0v) is 13.0. The van der Waals surface area contributed by atoms with Crippen LogP contribution in [0.5, 0.6) is 5.75 Å². The second kappa shape index (κ2) is 4.84. The van der Waals surface area contributed by atoms with Crippen molar-refractivity contribution in [3.05, 3.63) is 54.1 Å². The van der Waals surface area contributed by atoms with E-state index in [0.717, 1.165) is 0 Å². The maximum absolute atomic E-state index is 12.6. The molecule has 6 heteroatoms. The van der Waals surface area contributed by atoms with Gasteiger partial charge >= 0.3 is 0 Å². The molecule has 0 aliphatic carbocycles. The number of hydrogen-bond donors (Lipinski definition) is 1. The van der Waals surface area contributed by atoms with Crippen LogP contribution in [-0.4, -0.2) is 20.0 Å². The smallest absolute Gasteiger partial charge is 0.258 e. The predicted octanol–water partition coefficient (Wildman–Crippen LogP) is 2.38. The number of benzene rings is 2. The Hall–Kier alpha value is -2.34. The van der Waals surface area contributed by atoms with Gasteiger partial charge in [0.2, 0.25) is 9.84 Å². The summed E-state index contributed by atoms with van der Waals surface area (Å²) in [4.78, 5) is 12.4. The molecule has 1 amide bonds. The summed E-state index contributed by atoms with van der Waals surface area (Å²) in [6.45, 7) is 3.45. The number of fused-ring (bicyclic) bond motifs is 1. The molecule has 0 atom stereocenters. The average Bonchev–Trinajstić information content (AvgIpc) is 2.46. The molecule has 5 nitrogen and oxygen atoms in total. The van der Waals surface area contributed by atoms with Gasteiger partial charge in [0.15, 0.2) is 5.72 Å². The van der Waals surface area contributed by atoms with Gasteiger partial charge in [-0.25, -0.2) is 8.42 Å². The third-order valence-corrected chi connectivity index (χ3v) is 5.11. The van der Waals surface area contributed by atoms with Crippen molar-refractivity contribution in [3.8, 4) is 5.75 Å². The summed E-state index contributed by atoms with van der Waals surface area (Å²) in [5.41, 5.74) is -0.597. The van der Waals surface area contributed by atoms with Crippen molar-refractivity contribution in [3.63, 3.8) is 0 Å². The summed E-state index contributed by atoms with van der Waals surface area (Å²) in [5, 5.41) is 2.67. The predicted molar refractivity (Wildman–Crippen MR) is 80.5 cm³/mol. The minimum Gasteiger partial charge on any atom is -0.468 e. The number of rotatable bonds is 2. The van der Waals surface area contributed by atoms with E-state index in [9.17, 15) is 13.2 Å². The number of sulfone groups is 1. The van der Waals surface area contributed by atoms with Gasteiger partial charge in [0.1, 0.15) is 5.75 Å². The van der Waals surface area contributed by atoms with E-state index in [0.29, 0.717) is 5.75 Å². The molecule has 0 bridgehead atoms. The molecular weight excluding hydrogens is 302 g/mol. The fourth-order valence-electron chi connectivity index (χ4n) is 2.32. The number of carbonyl (C=O) groups excluding carboxylic acids is 1. The van der Waals surface area contributed by atoms with Crippen LogP contribution in [0.4, 0.5) is 0 Å². The summed E-state index contributed by atoms with van der Waals surface area (Å²) in [7, 11) is -3.66. The van der Waals surface area contributed by atoms with Crippen molar-refractivity contribution < 1.29 is 17.9 Å². The monoisotopic (exact) mass is 317 g/mol. The summed E-state index contributed by atoms with van der Waals surface area (Å²) < 4.78 is 30.8.